The molecule has 0 aromatic heterocycles. The van der Waals surface area contributed by atoms with Crippen molar-refractivity contribution in [1.29, 1.82) is 0 Å². The Morgan fingerprint density at radius 3 is 0.775 bits per heavy atom. The topological polar surface area (TPSA) is 839 Å². The highest BCUT2D eigenvalue weighted by Gasteiger charge is 2.55. The summed E-state index contributed by atoms with van der Waals surface area (Å²) in [7, 11) is 0. The fraction of sp³-hybridized carbons (Fsp3) is 1.00. The molecule has 48 heteroatoms. The van der Waals surface area contributed by atoms with Crippen LogP contribution in [0.25, 0.3) is 0 Å². The van der Waals surface area contributed by atoms with Crippen LogP contribution in [-0.2, 0) is 56.8 Å². The number of hydrogen-bond donors (Lipinski definition) is 36. The van der Waals surface area contributed by atoms with Crippen molar-refractivity contribution in [1.82, 2.24) is 0 Å². The van der Waals surface area contributed by atoms with Crippen LogP contribution >= 0.6 is 0 Å². The lowest BCUT2D eigenvalue weighted by atomic mass is 9.97. The smallest absolute Gasteiger partial charge is 0.187 e. The lowest BCUT2D eigenvalue weighted by molar-refractivity contribution is -0.361. The molecule has 606 valence electrons. The van der Waals surface area contributed by atoms with Gasteiger partial charge in [-0.3, -0.25) is 0 Å². The Kier molecular flexibility index (Phi) is 39.4. The molecule has 0 aromatic carbocycles. The van der Waals surface area contributed by atoms with Gasteiger partial charge in [0.15, 0.2) is 37.7 Å². The zero-order valence-corrected chi connectivity index (χ0v) is 53.7. The molecule has 0 bridgehead atoms. The lowest BCUT2D eigenvalue weighted by Crippen LogP contribution is -2.65. The Balaban J connectivity index is 0.000000324. The third kappa shape index (κ3) is 23.6. The maximum absolute atomic E-state index is 10.6. The zero-order valence-electron chi connectivity index (χ0n) is 53.7. The molecular formula is C54H102O48. The molecule has 0 spiro atoms. The predicted octanol–water partition coefficient (Wildman–Crippen LogP) is -23.8. The van der Waals surface area contributed by atoms with E-state index >= 15 is 0 Å². The van der Waals surface area contributed by atoms with Gasteiger partial charge >= 0.3 is 0 Å². The Labute approximate surface area is 576 Å². The summed E-state index contributed by atoms with van der Waals surface area (Å²) in [6, 6.07) is 0. The number of ether oxygens (including phenoxy) is 12. The van der Waals surface area contributed by atoms with E-state index in [2.05, 4.69) is 0 Å². The molecule has 0 aromatic rings. The highest BCUT2D eigenvalue weighted by molar-refractivity contribution is 4.98. The first-order chi connectivity index (χ1) is 47.9. The van der Waals surface area contributed by atoms with Gasteiger partial charge in [-0.2, -0.15) is 0 Å². The van der Waals surface area contributed by atoms with E-state index in [9.17, 15) is 169 Å². The highest BCUT2D eigenvalue weighted by atomic mass is 16.8. The van der Waals surface area contributed by atoms with Gasteiger partial charge in [-0.15, -0.1) is 0 Å². The van der Waals surface area contributed by atoms with Crippen molar-refractivity contribution in [2.45, 2.75) is 257 Å². The van der Waals surface area contributed by atoms with Crippen molar-refractivity contribution in [3.63, 3.8) is 0 Å². The molecule has 6 fully saturated rings. The lowest BCUT2D eigenvalue weighted by Gasteiger charge is -2.46. The second-order valence-corrected chi connectivity index (χ2v) is 24.4. The average Bonchev–Trinajstić information content (AvgIpc) is 0.794. The van der Waals surface area contributed by atoms with Gasteiger partial charge in [0, 0.05) is 0 Å². The molecule has 0 amide bonds. The first-order valence-corrected chi connectivity index (χ1v) is 31.5. The Hall–Kier alpha value is -1.92. The first-order valence-electron chi connectivity index (χ1n) is 31.5. The minimum Gasteiger partial charge on any atom is -0.394 e. The van der Waals surface area contributed by atoms with Crippen LogP contribution in [0.1, 0.15) is 0 Å². The molecule has 0 aliphatic carbocycles. The maximum Gasteiger partial charge on any atom is 0.187 e. The third-order valence-electron chi connectivity index (χ3n) is 17.1. The van der Waals surface area contributed by atoms with Gasteiger partial charge in [0.05, 0.1) is 79.3 Å². The minimum absolute atomic E-state index is 0.597. The van der Waals surface area contributed by atoms with Gasteiger partial charge in [-0.1, -0.05) is 0 Å². The number of aliphatic hydroxyl groups excluding tert-OH is 36. The Morgan fingerprint density at radius 1 is 0.216 bits per heavy atom. The summed E-state index contributed by atoms with van der Waals surface area (Å²) >= 11 is 0. The van der Waals surface area contributed by atoms with Crippen LogP contribution in [0.15, 0.2) is 0 Å². The molecule has 48 nitrogen and oxygen atoms in total. The van der Waals surface area contributed by atoms with Gasteiger partial charge in [0.1, 0.15) is 220 Å². The SMILES string of the molecule is OCC(O)[C@@H](O)[C@H](O)[C@H](O)CO[C@H]1OC(CO)[C@@H](O)[C@H](O[C@@H]2OC(CO)[C@H](O)[C@H](O)C2O)C1O.OCC(O)[C@@H](O)[C@H](O)[C@H](O)CO[C@H]1OC(CO)[C@@H](O[C@@H]2O[C@@H](CO)[C@H](O)C(O)C2O)[C@H](O)C1O.OCC(O)[C@@H](O)[C@H](O)[C@H](O)CO[C@H]1OC(CO[C@@H]2OC(CO)[C@H](O)[C@H](O)C2O)[C@@H](O)[C@H](O)C1O. The van der Waals surface area contributed by atoms with E-state index in [1.807, 2.05) is 0 Å². The van der Waals surface area contributed by atoms with Gasteiger partial charge in [-0.05, 0) is 0 Å². The van der Waals surface area contributed by atoms with Crippen molar-refractivity contribution in [2.75, 3.05) is 79.3 Å². The van der Waals surface area contributed by atoms with Gasteiger partial charge in [-0.25, -0.2) is 0 Å². The molecule has 6 rings (SSSR count). The number of rotatable bonds is 33. The second kappa shape index (κ2) is 43.5. The molecule has 0 radical (unpaired) electrons. The van der Waals surface area contributed by atoms with Gasteiger partial charge in [0.25, 0.3) is 0 Å². The molecule has 15 unspecified atom stereocenters. The second-order valence-electron chi connectivity index (χ2n) is 24.4. The monoisotopic (exact) mass is 1520 g/mol. The van der Waals surface area contributed by atoms with Gasteiger partial charge < -0.3 is 241 Å². The minimum atomic E-state index is -1.97. The molecule has 42 atom stereocenters. The van der Waals surface area contributed by atoms with Crippen LogP contribution in [0.2, 0.25) is 0 Å². The van der Waals surface area contributed by atoms with Crippen molar-refractivity contribution in [3.05, 3.63) is 0 Å². The van der Waals surface area contributed by atoms with Crippen molar-refractivity contribution in [2.24, 2.45) is 0 Å². The summed E-state index contributed by atoms with van der Waals surface area (Å²) in [6.45, 7) is -9.43. The van der Waals surface area contributed by atoms with Gasteiger partial charge in [0.2, 0.25) is 0 Å². The fourth-order valence-electron chi connectivity index (χ4n) is 10.5. The Bertz CT molecular complexity index is 2230. The normalized spacial score (nSPS) is 42.7. The fourth-order valence-corrected chi connectivity index (χ4v) is 10.5. The highest BCUT2D eigenvalue weighted by Crippen LogP contribution is 2.33. The quantitative estimate of drug-likeness (QED) is 0.0290. The van der Waals surface area contributed by atoms with Crippen LogP contribution < -0.4 is 0 Å². The number of aliphatic hydroxyl groups is 36. The van der Waals surface area contributed by atoms with Crippen LogP contribution in [0, 0.1) is 0 Å². The van der Waals surface area contributed by atoms with Crippen LogP contribution in [0.3, 0.4) is 0 Å². The summed E-state index contributed by atoms with van der Waals surface area (Å²) < 4.78 is 62.8. The average molecular weight is 1520 g/mol. The summed E-state index contributed by atoms with van der Waals surface area (Å²) in [5, 5.41) is 351. The van der Waals surface area contributed by atoms with Crippen molar-refractivity contribution >= 4 is 0 Å². The van der Waals surface area contributed by atoms with Crippen molar-refractivity contribution in [3.8, 4) is 0 Å². The summed E-state index contributed by atoms with van der Waals surface area (Å²) in [4.78, 5) is 0. The van der Waals surface area contributed by atoms with E-state index in [1.54, 1.807) is 0 Å². The molecule has 36 N–H and O–H groups in total. The van der Waals surface area contributed by atoms with E-state index < -0.39 is 337 Å². The zero-order chi connectivity index (χ0) is 77.2. The number of hydrogen-bond acceptors (Lipinski definition) is 48. The van der Waals surface area contributed by atoms with E-state index in [4.69, 9.17) is 72.2 Å². The third-order valence-corrected chi connectivity index (χ3v) is 17.1. The molecular weight excluding hydrogens is 1420 g/mol. The first kappa shape index (κ1) is 92.5. The van der Waals surface area contributed by atoms with E-state index in [0.717, 1.165) is 0 Å². The summed E-state index contributed by atoms with van der Waals surface area (Å²) in [5.41, 5.74) is 0. The largest absolute Gasteiger partial charge is 0.394 e. The van der Waals surface area contributed by atoms with Crippen molar-refractivity contribution < 1.29 is 241 Å². The van der Waals surface area contributed by atoms with E-state index in [1.165, 1.54) is 0 Å². The van der Waals surface area contributed by atoms with Crippen LogP contribution in [0.4, 0.5) is 0 Å². The molecule has 6 aliphatic rings. The Morgan fingerprint density at radius 2 is 0.451 bits per heavy atom. The van der Waals surface area contributed by atoms with E-state index in [-0.39, 0.29) is 0 Å². The molecule has 102 heavy (non-hydrogen) atoms. The molecule has 6 aliphatic heterocycles. The van der Waals surface area contributed by atoms with E-state index in [0.29, 0.717) is 0 Å². The summed E-state index contributed by atoms with van der Waals surface area (Å²) in [6.07, 6.45) is -72.2. The molecule has 0 saturated carbocycles. The molecule has 6 heterocycles. The molecule has 6 saturated heterocycles. The standard InChI is InChI=1S/3C18H34O16/c19-1-5(22)9(24)10(25)6(23)4-31-17-15(30)13(28)16(8(3-21)33-17)34-18-14(29)12(27)11(26)7(2-20)32-18;19-1-5(22)9(24)10(25)6(23)4-31-17-15(30)16(12(27)8(3-21)32-17)34-18-14(29)13(28)11(26)7(2-20)33-18;19-1-5(21)9(23)10(24)6(22)3-31-17-16(30)14(28)12(26)8(34-17)4-32-18-15(29)13(27)11(25)7(2-20)33-18/h3*5-30H,1-4H2/t5?,6-,7+,8?,9-,10-,11+,12?,13-,14?,15?,16-,17+,18+;5?,6-,7?,8?,9-,10-,11+,12-,13+,14?,15?,16+,17+,18+;5?,6-,7?,8?,9-,10-,11+,12-,13+,14+,15?,16?,17+,18-/m111/s1. The van der Waals surface area contributed by atoms with Crippen LogP contribution in [0.5, 0.6) is 0 Å². The summed E-state index contributed by atoms with van der Waals surface area (Å²) in [5.74, 6) is 0. The van der Waals surface area contributed by atoms with Crippen LogP contribution in [-0.4, -0.2) is 521 Å². The predicted molar refractivity (Wildman–Crippen MR) is 310 cm³/mol. The maximum atomic E-state index is 10.6.